The second-order valence-corrected chi connectivity index (χ2v) is 13.9. The fraction of sp³-hybridized carbons (Fsp3) is 0.342. The highest BCUT2D eigenvalue weighted by molar-refractivity contribution is 6.08. The minimum Gasteiger partial charge on any atom is -0.465 e. The summed E-state index contributed by atoms with van der Waals surface area (Å²) in [5.41, 5.74) is 6.46. The quantitative estimate of drug-likeness (QED) is 0.183. The number of aromatic nitrogens is 2. The number of carbonyl (C=O) groups is 4. The van der Waals surface area contributed by atoms with E-state index in [1.807, 2.05) is 54.6 Å². The van der Waals surface area contributed by atoms with E-state index in [9.17, 15) is 33.1 Å². The van der Waals surface area contributed by atoms with Gasteiger partial charge in [0.15, 0.2) is 0 Å². The molecule has 0 radical (unpaired) electrons. The number of hydrogen-bond acceptors (Lipinski definition) is 6. The topological polar surface area (TPSA) is 160 Å². The van der Waals surface area contributed by atoms with Crippen molar-refractivity contribution in [2.24, 2.45) is 0 Å². The summed E-state index contributed by atoms with van der Waals surface area (Å²) < 4.78 is 27.3. The molecule has 4 amide bonds. The molecular formula is C38H37F2N7O5. The minimum atomic E-state index is -2.74. The number of para-hydroxylation sites is 1. The maximum Gasteiger partial charge on any atom is 0.405 e. The lowest BCUT2D eigenvalue weighted by molar-refractivity contribution is -0.138. The maximum absolute atomic E-state index is 14.2. The van der Waals surface area contributed by atoms with Gasteiger partial charge in [0.25, 0.3) is 5.92 Å². The van der Waals surface area contributed by atoms with Crippen molar-refractivity contribution in [3.63, 3.8) is 0 Å². The molecule has 1 aromatic heterocycles. The van der Waals surface area contributed by atoms with E-state index in [4.69, 9.17) is 0 Å². The summed E-state index contributed by atoms with van der Waals surface area (Å²) in [7, 11) is 0. The van der Waals surface area contributed by atoms with Gasteiger partial charge in [-0.1, -0.05) is 54.6 Å². The molecule has 4 atom stereocenters. The van der Waals surface area contributed by atoms with Crippen LogP contribution in [0.25, 0.3) is 22.4 Å². The monoisotopic (exact) mass is 709 g/mol. The van der Waals surface area contributed by atoms with E-state index in [0.29, 0.717) is 49.4 Å². The molecule has 0 aliphatic carbocycles. The number of benzene rings is 3. The summed E-state index contributed by atoms with van der Waals surface area (Å²) in [6.07, 6.45) is 2.24. The van der Waals surface area contributed by atoms with Crippen molar-refractivity contribution in [2.75, 3.05) is 23.3 Å². The summed E-state index contributed by atoms with van der Waals surface area (Å²) in [5, 5.41) is 17.5. The molecule has 0 bridgehead atoms. The molecule has 0 spiro atoms. The van der Waals surface area contributed by atoms with E-state index in [0.717, 1.165) is 33.5 Å². The van der Waals surface area contributed by atoms with Crippen LogP contribution in [0.15, 0.2) is 72.9 Å². The van der Waals surface area contributed by atoms with E-state index in [2.05, 4.69) is 25.9 Å². The summed E-state index contributed by atoms with van der Waals surface area (Å²) in [6.45, 7) is 0.0113. The molecule has 8 rings (SSSR count). The van der Waals surface area contributed by atoms with Crippen LogP contribution in [0.5, 0.6) is 0 Å². The van der Waals surface area contributed by atoms with Crippen LogP contribution >= 0.6 is 0 Å². The third-order valence-corrected chi connectivity index (χ3v) is 10.5. The van der Waals surface area contributed by atoms with Crippen LogP contribution in [0, 0.1) is 0 Å². The molecule has 4 aromatic rings. The number of nitrogens with one attached hydrogen (secondary N) is 4. The SMILES string of the molecule is O=C(O)N[C@H]1CCc2cccc3c2N(C1=O)[C@H](C(=O)N1CCC[C@H]1C(=O)Nc1ccc(-c2ccc(-c4cnc([C@@H]5CC(F)(F)CN5)[nH]4)cc2)cc1)C3. The first kappa shape index (κ1) is 33.5. The highest BCUT2D eigenvalue weighted by atomic mass is 19.3. The molecule has 4 aliphatic rings. The molecule has 4 aliphatic heterocycles. The fourth-order valence-electron chi connectivity index (χ4n) is 7.99. The first-order valence-corrected chi connectivity index (χ1v) is 17.5. The van der Waals surface area contributed by atoms with E-state index in [-0.39, 0.29) is 31.2 Å². The van der Waals surface area contributed by atoms with Gasteiger partial charge in [-0.15, -0.1) is 0 Å². The molecule has 268 valence electrons. The largest absolute Gasteiger partial charge is 0.465 e. The number of hydrogen-bond donors (Lipinski definition) is 5. The van der Waals surface area contributed by atoms with Crippen molar-refractivity contribution in [1.82, 2.24) is 25.5 Å². The van der Waals surface area contributed by atoms with Gasteiger partial charge >= 0.3 is 6.09 Å². The third kappa shape index (κ3) is 6.27. The van der Waals surface area contributed by atoms with E-state index in [1.54, 1.807) is 23.2 Å². The number of rotatable bonds is 7. The van der Waals surface area contributed by atoms with Crippen molar-refractivity contribution >= 4 is 35.2 Å². The number of likely N-dealkylation sites (tertiary alicyclic amines) is 1. The molecule has 0 saturated carbocycles. The van der Waals surface area contributed by atoms with Gasteiger partial charge in [-0.05, 0) is 65.6 Å². The zero-order valence-electron chi connectivity index (χ0n) is 28.1. The highest BCUT2D eigenvalue weighted by Gasteiger charge is 2.47. The van der Waals surface area contributed by atoms with Gasteiger partial charge in [0.2, 0.25) is 17.7 Å². The first-order chi connectivity index (χ1) is 25.0. The number of amides is 4. The molecular weight excluding hydrogens is 672 g/mol. The maximum atomic E-state index is 14.2. The van der Waals surface area contributed by atoms with E-state index in [1.165, 1.54) is 4.90 Å². The standard InChI is InChI=1S/C38H37F2N7O5/c39-38(40)18-28(42-20-38)33-41-19-29(44-33)23-8-6-21(7-9-23)22-10-13-26(14-11-22)43-34(48)30-5-2-16-46(30)36(50)31-17-25-4-1-3-24-12-15-27(45-37(51)52)35(49)47(31)32(24)25/h1,3-4,6-11,13-14,19,27-28,30-31,42,45H,2,5,12,15-18,20H2,(H,41,44)(H,43,48)(H,51,52)/t27-,28-,30-,31-/m0/s1. The molecule has 12 nitrogen and oxygen atoms in total. The van der Waals surface area contributed by atoms with Crippen LogP contribution in [0.2, 0.25) is 0 Å². The van der Waals surface area contributed by atoms with Crippen molar-refractivity contribution < 1.29 is 33.1 Å². The zero-order valence-corrected chi connectivity index (χ0v) is 28.1. The van der Waals surface area contributed by atoms with Gasteiger partial charge in [-0.25, -0.2) is 18.6 Å². The van der Waals surface area contributed by atoms with Crippen LogP contribution in [-0.2, 0) is 27.2 Å². The lowest BCUT2D eigenvalue weighted by Crippen LogP contribution is -2.56. The number of imidazole rings is 1. The highest BCUT2D eigenvalue weighted by Crippen LogP contribution is 2.40. The summed E-state index contributed by atoms with van der Waals surface area (Å²) in [4.78, 5) is 63.4. The average Bonchev–Trinajstić information content (AvgIpc) is 3.94. The Labute approximate surface area is 297 Å². The molecule has 2 saturated heterocycles. The summed E-state index contributed by atoms with van der Waals surface area (Å²) in [5.74, 6) is -3.36. The van der Waals surface area contributed by atoms with Crippen LogP contribution in [0.3, 0.4) is 0 Å². The first-order valence-electron chi connectivity index (χ1n) is 17.5. The zero-order chi connectivity index (χ0) is 36.1. The lowest BCUT2D eigenvalue weighted by Gasteiger charge is -2.32. The van der Waals surface area contributed by atoms with Crippen LogP contribution in [0.4, 0.5) is 25.0 Å². The van der Waals surface area contributed by atoms with E-state index >= 15 is 0 Å². The van der Waals surface area contributed by atoms with Crippen molar-refractivity contribution in [3.8, 4) is 22.4 Å². The Morgan fingerprint density at radius 1 is 0.923 bits per heavy atom. The molecule has 0 unspecified atom stereocenters. The number of carbonyl (C=O) groups excluding carboxylic acids is 3. The Morgan fingerprint density at radius 2 is 1.63 bits per heavy atom. The Balaban J connectivity index is 0.926. The van der Waals surface area contributed by atoms with Crippen LogP contribution in [-0.4, -0.2) is 80.9 Å². The normalized spacial score (nSPS) is 23.3. The molecule has 14 heteroatoms. The third-order valence-electron chi connectivity index (χ3n) is 10.5. The Bertz CT molecular complexity index is 2050. The molecule has 5 N–H and O–H groups in total. The number of aryl methyl sites for hydroxylation is 1. The van der Waals surface area contributed by atoms with E-state index < -0.39 is 42.1 Å². The summed E-state index contributed by atoms with van der Waals surface area (Å²) >= 11 is 0. The number of anilines is 2. The van der Waals surface area contributed by atoms with Gasteiger partial charge in [0, 0.05) is 25.1 Å². The summed E-state index contributed by atoms with van der Waals surface area (Å²) in [6, 6.07) is 17.7. The van der Waals surface area contributed by atoms with Crippen LogP contribution < -0.4 is 20.9 Å². The van der Waals surface area contributed by atoms with Gasteiger partial charge in [0.05, 0.1) is 30.2 Å². The van der Waals surface area contributed by atoms with Crippen LogP contribution in [0.1, 0.15) is 48.7 Å². The second kappa shape index (κ2) is 13.2. The van der Waals surface area contributed by atoms with Gasteiger partial charge < -0.3 is 30.9 Å². The predicted molar refractivity (Wildman–Crippen MR) is 188 cm³/mol. The smallest absolute Gasteiger partial charge is 0.405 e. The minimum absolute atomic E-state index is 0.287. The van der Waals surface area contributed by atoms with Crippen molar-refractivity contribution in [3.05, 3.63) is 89.9 Å². The van der Waals surface area contributed by atoms with Crippen molar-refractivity contribution in [1.29, 1.82) is 0 Å². The molecule has 2 fully saturated rings. The average molecular weight is 710 g/mol. The number of alkyl halides is 2. The Morgan fingerprint density at radius 3 is 2.35 bits per heavy atom. The van der Waals surface area contributed by atoms with Gasteiger partial charge in [-0.2, -0.15) is 0 Å². The van der Waals surface area contributed by atoms with Gasteiger partial charge in [-0.3, -0.25) is 19.3 Å². The molecule has 5 heterocycles. The Hall–Kier alpha value is -5.63. The number of nitrogens with zero attached hydrogens (tertiary/aromatic N) is 3. The molecule has 52 heavy (non-hydrogen) atoms. The lowest BCUT2D eigenvalue weighted by atomic mass is 10.0. The Kier molecular flexibility index (Phi) is 8.48. The number of aromatic amines is 1. The predicted octanol–water partition coefficient (Wildman–Crippen LogP) is 4.88. The fourth-order valence-corrected chi connectivity index (χ4v) is 7.99. The number of carboxylic acid groups (broad SMARTS) is 1. The van der Waals surface area contributed by atoms with Crippen molar-refractivity contribution in [2.45, 2.75) is 68.6 Å². The number of H-pyrrole nitrogens is 1. The molecule has 3 aromatic carbocycles. The number of halogens is 2. The van der Waals surface area contributed by atoms with Gasteiger partial charge in [0.1, 0.15) is 23.9 Å². The second-order valence-electron chi connectivity index (χ2n) is 13.9.